The van der Waals surface area contributed by atoms with Gasteiger partial charge in [0.2, 0.25) is 0 Å². The van der Waals surface area contributed by atoms with Crippen LogP contribution in [0.1, 0.15) is 35.8 Å². The van der Waals surface area contributed by atoms with Crippen molar-refractivity contribution in [3.8, 4) is 10.6 Å². The highest BCUT2D eigenvalue weighted by Crippen LogP contribution is 2.65. The second kappa shape index (κ2) is 5.59. The van der Waals surface area contributed by atoms with E-state index in [2.05, 4.69) is 29.3 Å². The number of aryl methyl sites for hydroxylation is 1. The fourth-order valence-corrected chi connectivity index (χ4v) is 5.60. The molecule has 2 N–H and O–H groups in total. The van der Waals surface area contributed by atoms with Gasteiger partial charge in [0.1, 0.15) is 10.0 Å². The molecule has 0 amide bonds. The highest BCUT2D eigenvalue weighted by Gasteiger charge is 2.57. The van der Waals surface area contributed by atoms with Gasteiger partial charge in [-0.1, -0.05) is 35.6 Å². The van der Waals surface area contributed by atoms with E-state index in [1.807, 2.05) is 12.1 Å². The third-order valence-electron chi connectivity index (χ3n) is 5.38. The highest BCUT2D eigenvalue weighted by atomic mass is 32.2. The van der Waals surface area contributed by atoms with Crippen molar-refractivity contribution >= 4 is 21.5 Å². The van der Waals surface area contributed by atoms with Gasteiger partial charge in [-0.25, -0.2) is 5.14 Å². The lowest BCUT2D eigenvalue weighted by molar-refractivity contribution is 0.251. The molecule has 8 heteroatoms. The van der Waals surface area contributed by atoms with Crippen LogP contribution in [0.15, 0.2) is 24.3 Å². The lowest BCUT2D eigenvalue weighted by atomic mass is 9.92. The van der Waals surface area contributed by atoms with Crippen molar-refractivity contribution < 1.29 is 8.42 Å². The zero-order valence-electron chi connectivity index (χ0n) is 13.5. The molecule has 0 bridgehead atoms. The van der Waals surface area contributed by atoms with Gasteiger partial charge in [-0.15, -0.1) is 10.2 Å². The number of piperidine rings is 1. The summed E-state index contributed by atoms with van der Waals surface area (Å²) >= 11 is 1.67. The molecule has 0 unspecified atom stereocenters. The molecule has 2 heterocycles. The van der Waals surface area contributed by atoms with E-state index in [-0.39, 0.29) is 5.41 Å². The Kier molecular flexibility index (Phi) is 3.76. The van der Waals surface area contributed by atoms with E-state index in [9.17, 15) is 8.42 Å². The maximum Gasteiger partial charge on any atom is 0.276 e. The summed E-state index contributed by atoms with van der Waals surface area (Å²) in [4.78, 5) is 0. The zero-order chi connectivity index (χ0) is 16.9. The first kappa shape index (κ1) is 16.1. The Labute approximate surface area is 145 Å². The number of nitrogens with zero attached hydrogens (tertiary/aromatic N) is 3. The molecule has 1 atom stereocenters. The Morgan fingerprint density at radius 1 is 1.25 bits per heavy atom. The van der Waals surface area contributed by atoms with Crippen LogP contribution in [0.2, 0.25) is 0 Å². The number of benzene rings is 1. The molecular formula is C16H20N4O2S2. The number of aromatic nitrogens is 2. The standard InChI is InChI=1S/C16H20N4O2S2/c1-11-4-2-3-5-12(11)14-18-19-15(23-14)13-10-16(13)6-8-20(9-7-16)24(17,21)22/h2-5,13H,6-10H2,1H3,(H2,17,21,22)/t13-/m0/s1. The molecule has 1 aromatic heterocycles. The summed E-state index contributed by atoms with van der Waals surface area (Å²) in [6.45, 7) is 3.11. The third-order valence-corrected chi connectivity index (χ3v) is 7.54. The van der Waals surface area contributed by atoms with Crippen LogP contribution >= 0.6 is 11.3 Å². The maximum atomic E-state index is 11.4. The number of hydrogen-bond acceptors (Lipinski definition) is 5. The average Bonchev–Trinajstić information content (AvgIpc) is 3.02. The summed E-state index contributed by atoms with van der Waals surface area (Å²) in [7, 11) is -3.56. The molecule has 1 saturated heterocycles. The normalized spacial score (nSPS) is 23.5. The van der Waals surface area contributed by atoms with Crippen molar-refractivity contribution in [2.24, 2.45) is 10.6 Å². The molecule has 4 rings (SSSR count). The molecule has 1 aromatic carbocycles. The van der Waals surface area contributed by atoms with Crippen LogP contribution in [0.25, 0.3) is 10.6 Å². The summed E-state index contributed by atoms with van der Waals surface area (Å²) < 4.78 is 24.3. The Hall–Kier alpha value is -1.35. The molecule has 128 valence electrons. The summed E-state index contributed by atoms with van der Waals surface area (Å²) in [5.41, 5.74) is 2.54. The van der Waals surface area contributed by atoms with Crippen LogP contribution < -0.4 is 5.14 Å². The number of hydrogen-bond donors (Lipinski definition) is 1. The van der Waals surface area contributed by atoms with Gasteiger partial charge >= 0.3 is 0 Å². The summed E-state index contributed by atoms with van der Waals surface area (Å²) in [5.74, 6) is 0.412. The molecule has 0 radical (unpaired) electrons. The first-order chi connectivity index (χ1) is 11.4. The Morgan fingerprint density at radius 3 is 2.62 bits per heavy atom. The van der Waals surface area contributed by atoms with Gasteiger partial charge in [-0.2, -0.15) is 12.7 Å². The Bertz CT molecular complexity index is 870. The molecule has 2 aromatic rings. The third kappa shape index (κ3) is 2.77. The van der Waals surface area contributed by atoms with Crippen LogP contribution in [-0.2, 0) is 10.2 Å². The first-order valence-corrected chi connectivity index (χ1v) is 10.4. The molecular weight excluding hydrogens is 344 g/mol. The molecule has 2 fully saturated rings. The van der Waals surface area contributed by atoms with E-state index in [4.69, 9.17) is 5.14 Å². The fourth-order valence-electron chi connectivity index (χ4n) is 3.73. The van der Waals surface area contributed by atoms with E-state index < -0.39 is 10.2 Å². The van der Waals surface area contributed by atoms with Crippen LogP contribution in [0.5, 0.6) is 0 Å². The van der Waals surface area contributed by atoms with Crippen molar-refractivity contribution in [1.29, 1.82) is 0 Å². The molecule has 1 aliphatic carbocycles. The van der Waals surface area contributed by atoms with E-state index in [0.29, 0.717) is 19.0 Å². The largest absolute Gasteiger partial charge is 0.276 e. The average molecular weight is 364 g/mol. The lowest BCUT2D eigenvalue weighted by Crippen LogP contribution is -2.42. The van der Waals surface area contributed by atoms with Crippen LogP contribution in [0, 0.1) is 12.3 Å². The van der Waals surface area contributed by atoms with Gasteiger partial charge < -0.3 is 0 Å². The quantitative estimate of drug-likeness (QED) is 0.905. The fraction of sp³-hybridized carbons (Fsp3) is 0.500. The predicted octanol–water partition coefficient (Wildman–Crippen LogP) is 2.29. The van der Waals surface area contributed by atoms with E-state index in [0.717, 1.165) is 34.8 Å². The highest BCUT2D eigenvalue weighted by molar-refractivity contribution is 7.86. The van der Waals surface area contributed by atoms with Gasteiger partial charge in [0.15, 0.2) is 0 Å². The van der Waals surface area contributed by atoms with Gasteiger partial charge in [0.25, 0.3) is 10.2 Å². The zero-order valence-corrected chi connectivity index (χ0v) is 15.1. The SMILES string of the molecule is Cc1ccccc1-c1nnc([C@@H]2CC23CCN(S(N)(=O)=O)CC3)s1. The van der Waals surface area contributed by atoms with Crippen molar-refractivity contribution in [2.75, 3.05) is 13.1 Å². The van der Waals surface area contributed by atoms with Gasteiger partial charge in [0.05, 0.1) is 0 Å². The minimum atomic E-state index is -3.56. The van der Waals surface area contributed by atoms with Crippen LogP contribution in [-0.4, -0.2) is 36.0 Å². The van der Waals surface area contributed by atoms with Crippen LogP contribution in [0.3, 0.4) is 0 Å². The second-order valence-corrected chi connectivity index (χ2v) is 9.38. The second-order valence-electron chi connectivity index (χ2n) is 6.82. The molecule has 2 aliphatic rings. The topological polar surface area (TPSA) is 89.2 Å². The molecule has 1 aliphatic heterocycles. The Balaban J connectivity index is 1.49. The smallest absolute Gasteiger partial charge is 0.216 e. The number of nitrogens with two attached hydrogens (primary N) is 1. The Morgan fingerprint density at radius 2 is 1.96 bits per heavy atom. The van der Waals surface area contributed by atoms with Crippen molar-refractivity contribution in [1.82, 2.24) is 14.5 Å². The first-order valence-electron chi connectivity index (χ1n) is 8.06. The lowest BCUT2D eigenvalue weighted by Gasteiger charge is -2.30. The summed E-state index contributed by atoms with van der Waals surface area (Å²) in [6.07, 6.45) is 2.79. The maximum absolute atomic E-state index is 11.4. The van der Waals surface area contributed by atoms with Crippen LogP contribution in [0.4, 0.5) is 0 Å². The molecule has 24 heavy (non-hydrogen) atoms. The van der Waals surface area contributed by atoms with Crippen molar-refractivity contribution in [3.05, 3.63) is 34.8 Å². The van der Waals surface area contributed by atoms with Gasteiger partial charge in [-0.3, -0.25) is 0 Å². The predicted molar refractivity (Wildman–Crippen MR) is 93.8 cm³/mol. The number of rotatable bonds is 3. The van der Waals surface area contributed by atoms with E-state index >= 15 is 0 Å². The van der Waals surface area contributed by atoms with E-state index in [1.165, 1.54) is 9.87 Å². The molecule has 6 nitrogen and oxygen atoms in total. The van der Waals surface area contributed by atoms with E-state index in [1.54, 1.807) is 11.3 Å². The van der Waals surface area contributed by atoms with Gasteiger partial charge in [0, 0.05) is 24.6 Å². The monoisotopic (exact) mass is 364 g/mol. The van der Waals surface area contributed by atoms with Crippen molar-refractivity contribution in [3.63, 3.8) is 0 Å². The minimum Gasteiger partial charge on any atom is -0.216 e. The minimum absolute atomic E-state index is 0.198. The van der Waals surface area contributed by atoms with Crippen molar-refractivity contribution in [2.45, 2.75) is 32.1 Å². The molecule has 1 spiro atoms. The summed E-state index contributed by atoms with van der Waals surface area (Å²) in [5, 5.41) is 16.1. The summed E-state index contributed by atoms with van der Waals surface area (Å²) in [6, 6.07) is 8.20. The van der Waals surface area contributed by atoms with Gasteiger partial charge in [-0.05, 0) is 37.2 Å². The molecule has 1 saturated carbocycles.